The Labute approximate surface area is 201 Å². The van der Waals surface area contributed by atoms with Gasteiger partial charge >= 0.3 is 0 Å². The Balaban J connectivity index is 1.57. The van der Waals surface area contributed by atoms with Crippen molar-refractivity contribution in [3.05, 3.63) is 97.4 Å². The highest BCUT2D eigenvalue weighted by Crippen LogP contribution is 2.34. The number of hydrogen-bond donors (Lipinski definition) is 2. The maximum absolute atomic E-state index is 12.1. The lowest BCUT2D eigenvalue weighted by Gasteiger charge is -2.08. The molecule has 0 heterocycles. The summed E-state index contributed by atoms with van der Waals surface area (Å²) in [6, 6.07) is 16.8. The number of carbonyl (C=O) groups is 2. The molecule has 2 N–H and O–H groups in total. The van der Waals surface area contributed by atoms with Crippen LogP contribution in [-0.2, 0) is 4.79 Å². The number of nitrogens with zero attached hydrogens (tertiary/aromatic N) is 3. The zero-order valence-electron chi connectivity index (χ0n) is 17.3. The summed E-state index contributed by atoms with van der Waals surface area (Å²) in [7, 11) is 0. The van der Waals surface area contributed by atoms with Gasteiger partial charge in [-0.05, 0) is 57.0 Å². The summed E-state index contributed by atoms with van der Waals surface area (Å²) < 4.78 is 6.21. The second kappa shape index (κ2) is 11.4. The van der Waals surface area contributed by atoms with E-state index < -0.39 is 16.7 Å². The van der Waals surface area contributed by atoms with Crippen molar-refractivity contribution in [3.8, 4) is 11.5 Å². The normalized spacial score (nSPS) is 10.5. The van der Waals surface area contributed by atoms with Crippen LogP contribution in [0.2, 0.25) is 0 Å². The number of carbonyl (C=O) groups excluding carboxylic acids is 2. The number of nitroso groups, excluding NO2 is 1. The Kier molecular flexibility index (Phi) is 8.13. The monoisotopic (exact) mass is 525 g/mol. The highest BCUT2D eigenvalue weighted by atomic mass is 79.9. The number of nitro groups is 1. The van der Waals surface area contributed by atoms with E-state index in [0.717, 1.165) is 6.07 Å². The molecule has 0 saturated carbocycles. The van der Waals surface area contributed by atoms with E-state index >= 15 is 0 Å². The Bertz CT molecular complexity index is 1280. The average Bonchev–Trinajstić information content (AvgIpc) is 2.83. The lowest BCUT2D eigenvalue weighted by atomic mass is 10.2. The molecule has 0 bridgehead atoms. The quantitative estimate of drug-likeness (QED) is 0.182. The fourth-order valence-corrected chi connectivity index (χ4v) is 3.15. The molecular formula is C22H16BrN5O6. The SMILES string of the molecule is O=Nc1cc([N+](=O)[O-])ccc1Oc1cccc(/C=N/NC(=O)CNC(=O)c2ccccc2Br)c1. The molecule has 0 atom stereocenters. The minimum absolute atomic E-state index is 0.0452. The van der Waals surface area contributed by atoms with Crippen molar-refractivity contribution < 1.29 is 19.2 Å². The Morgan fingerprint density at radius 1 is 1.09 bits per heavy atom. The molecule has 0 aliphatic rings. The molecule has 12 heteroatoms. The van der Waals surface area contributed by atoms with Crippen LogP contribution in [0.1, 0.15) is 15.9 Å². The van der Waals surface area contributed by atoms with Crippen LogP contribution in [-0.4, -0.2) is 29.5 Å². The first-order valence-electron chi connectivity index (χ1n) is 9.61. The van der Waals surface area contributed by atoms with E-state index in [-0.39, 0.29) is 23.7 Å². The first kappa shape index (κ1) is 24.2. The van der Waals surface area contributed by atoms with Gasteiger partial charge in [0.2, 0.25) is 0 Å². The minimum atomic E-state index is -0.643. The fourth-order valence-electron chi connectivity index (χ4n) is 2.68. The van der Waals surface area contributed by atoms with Crippen molar-refractivity contribution in [2.75, 3.05) is 6.54 Å². The van der Waals surface area contributed by atoms with E-state index in [0.29, 0.717) is 21.3 Å². The molecule has 34 heavy (non-hydrogen) atoms. The molecule has 3 aromatic rings. The van der Waals surface area contributed by atoms with Gasteiger partial charge in [-0.25, -0.2) is 5.43 Å². The summed E-state index contributed by atoms with van der Waals surface area (Å²) in [6.07, 6.45) is 1.36. The predicted octanol–water partition coefficient (Wildman–Crippen LogP) is 4.43. The summed E-state index contributed by atoms with van der Waals surface area (Å²) in [5.41, 5.74) is 2.75. The summed E-state index contributed by atoms with van der Waals surface area (Å²) in [5, 5.41) is 19.9. The van der Waals surface area contributed by atoms with Crippen LogP contribution in [0.5, 0.6) is 11.5 Å². The molecule has 3 aromatic carbocycles. The maximum Gasteiger partial charge on any atom is 0.271 e. The number of hydrogen-bond acceptors (Lipinski definition) is 8. The number of amides is 2. The van der Waals surface area contributed by atoms with Gasteiger partial charge in [0, 0.05) is 16.6 Å². The molecule has 0 aliphatic carbocycles. The highest BCUT2D eigenvalue weighted by molar-refractivity contribution is 9.10. The van der Waals surface area contributed by atoms with Gasteiger partial charge in [-0.1, -0.05) is 24.3 Å². The van der Waals surface area contributed by atoms with E-state index in [1.54, 1.807) is 48.5 Å². The van der Waals surface area contributed by atoms with Gasteiger partial charge in [0.05, 0.1) is 23.2 Å². The van der Waals surface area contributed by atoms with Crippen molar-refractivity contribution in [2.24, 2.45) is 10.3 Å². The number of benzene rings is 3. The molecular weight excluding hydrogens is 510 g/mol. The van der Waals surface area contributed by atoms with Crippen LogP contribution in [0, 0.1) is 15.0 Å². The van der Waals surface area contributed by atoms with Crippen LogP contribution in [0.25, 0.3) is 0 Å². The van der Waals surface area contributed by atoms with E-state index in [1.807, 2.05) is 0 Å². The van der Waals surface area contributed by atoms with Gasteiger partial charge < -0.3 is 10.1 Å². The molecule has 0 unspecified atom stereocenters. The van der Waals surface area contributed by atoms with Crippen LogP contribution in [0.4, 0.5) is 11.4 Å². The number of non-ortho nitro benzene ring substituents is 1. The molecule has 11 nitrogen and oxygen atoms in total. The van der Waals surface area contributed by atoms with Gasteiger partial charge in [-0.2, -0.15) is 5.10 Å². The van der Waals surface area contributed by atoms with Gasteiger partial charge in [0.15, 0.2) is 11.4 Å². The van der Waals surface area contributed by atoms with E-state index in [4.69, 9.17) is 4.74 Å². The van der Waals surface area contributed by atoms with E-state index in [2.05, 4.69) is 37.0 Å². The van der Waals surface area contributed by atoms with Gasteiger partial charge in [-0.3, -0.25) is 19.7 Å². The summed E-state index contributed by atoms with van der Waals surface area (Å²) in [6.45, 7) is -0.276. The van der Waals surface area contributed by atoms with Crippen molar-refractivity contribution in [3.63, 3.8) is 0 Å². The maximum atomic E-state index is 12.1. The average molecular weight is 526 g/mol. The van der Waals surface area contributed by atoms with Crippen molar-refractivity contribution in [2.45, 2.75) is 0 Å². The fraction of sp³-hybridized carbons (Fsp3) is 0.0455. The first-order valence-corrected chi connectivity index (χ1v) is 10.4. The zero-order chi connectivity index (χ0) is 24.5. The second-order valence-electron chi connectivity index (χ2n) is 6.63. The van der Waals surface area contributed by atoms with Crippen molar-refractivity contribution in [1.82, 2.24) is 10.7 Å². The van der Waals surface area contributed by atoms with E-state index in [1.165, 1.54) is 18.3 Å². The van der Waals surface area contributed by atoms with Crippen molar-refractivity contribution in [1.29, 1.82) is 0 Å². The molecule has 0 fully saturated rings. The number of ether oxygens (including phenoxy) is 1. The molecule has 0 radical (unpaired) electrons. The number of hydrazone groups is 1. The molecule has 172 valence electrons. The third-order valence-electron chi connectivity index (χ3n) is 4.27. The lowest BCUT2D eigenvalue weighted by molar-refractivity contribution is -0.384. The summed E-state index contributed by atoms with van der Waals surface area (Å²) >= 11 is 3.27. The Morgan fingerprint density at radius 3 is 2.62 bits per heavy atom. The molecule has 0 saturated heterocycles. The first-order chi connectivity index (χ1) is 16.4. The zero-order valence-corrected chi connectivity index (χ0v) is 18.9. The smallest absolute Gasteiger partial charge is 0.271 e. The number of nitrogens with one attached hydrogen (secondary N) is 2. The topological polar surface area (TPSA) is 152 Å². The Morgan fingerprint density at radius 2 is 1.88 bits per heavy atom. The third kappa shape index (κ3) is 6.53. The van der Waals surface area contributed by atoms with Crippen molar-refractivity contribution >= 4 is 45.3 Å². The number of rotatable bonds is 9. The van der Waals surface area contributed by atoms with Gasteiger partial charge in [-0.15, -0.1) is 4.91 Å². The predicted molar refractivity (Wildman–Crippen MR) is 127 cm³/mol. The number of nitro benzene ring substituents is 1. The minimum Gasteiger partial charge on any atom is -0.455 e. The highest BCUT2D eigenvalue weighted by Gasteiger charge is 2.13. The number of halogens is 1. The lowest BCUT2D eigenvalue weighted by Crippen LogP contribution is -2.35. The molecule has 2 amide bonds. The van der Waals surface area contributed by atoms with Crippen LogP contribution in [0.15, 0.2) is 81.5 Å². The Hall–Kier alpha value is -4.45. The molecule has 0 spiro atoms. The van der Waals surface area contributed by atoms with Gasteiger partial charge in [0.1, 0.15) is 5.75 Å². The largest absolute Gasteiger partial charge is 0.455 e. The molecule has 0 aliphatic heterocycles. The van der Waals surface area contributed by atoms with Crippen LogP contribution < -0.4 is 15.5 Å². The molecule has 3 rings (SSSR count). The van der Waals surface area contributed by atoms with Crippen LogP contribution >= 0.6 is 15.9 Å². The second-order valence-corrected chi connectivity index (χ2v) is 7.49. The molecule has 0 aromatic heterocycles. The van der Waals surface area contributed by atoms with E-state index in [9.17, 15) is 24.6 Å². The third-order valence-corrected chi connectivity index (χ3v) is 4.96. The summed E-state index contributed by atoms with van der Waals surface area (Å²) in [5.74, 6) is -0.581. The van der Waals surface area contributed by atoms with Gasteiger partial charge in [0.25, 0.3) is 17.5 Å². The van der Waals surface area contributed by atoms with Crippen LogP contribution in [0.3, 0.4) is 0 Å². The summed E-state index contributed by atoms with van der Waals surface area (Å²) in [4.78, 5) is 45.3. The standard InChI is InChI=1S/C22H16BrN5O6/c23-18-7-2-1-6-17(18)22(30)24-13-21(29)26-25-12-14-4-3-5-16(10-14)34-20-9-8-15(28(32)33)11-19(20)27-31/h1-12H,13H2,(H,24,30)(H,26,29)/b25-12+.